The summed E-state index contributed by atoms with van der Waals surface area (Å²) in [7, 11) is 0. The van der Waals surface area contributed by atoms with E-state index in [-0.39, 0.29) is 5.91 Å². The first-order valence-electron chi connectivity index (χ1n) is 12.8. The van der Waals surface area contributed by atoms with Crippen molar-refractivity contribution in [2.75, 3.05) is 44.2 Å². The van der Waals surface area contributed by atoms with Gasteiger partial charge in [0.25, 0.3) is 5.91 Å². The molecule has 0 radical (unpaired) electrons. The number of piperazine rings is 1. The third kappa shape index (κ3) is 6.11. The van der Waals surface area contributed by atoms with Gasteiger partial charge in [0.2, 0.25) is 0 Å². The van der Waals surface area contributed by atoms with Crippen LogP contribution in [0.2, 0.25) is 10.0 Å². The fourth-order valence-electron chi connectivity index (χ4n) is 5.68. The van der Waals surface area contributed by atoms with Gasteiger partial charge < -0.3 is 10.2 Å². The monoisotopic (exact) mass is 517 g/mol. The van der Waals surface area contributed by atoms with Gasteiger partial charge in [0, 0.05) is 68.6 Å². The maximum Gasteiger partial charge on any atom is 0.252 e. The number of rotatable bonds is 7. The van der Waals surface area contributed by atoms with Crippen molar-refractivity contribution in [3.63, 3.8) is 0 Å². The molecule has 0 unspecified atom stereocenters. The minimum Gasteiger partial charge on any atom is -0.353 e. The van der Waals surface area contributed by atoms with Crippen molar-refractivity contribution in [2.24, 2.45) is 0 Å². The molecule has 2 aromatic rings. The first-order valence-corrected chi connectivity index (χ1v) is 13.6. The Morgan fingerprint density at radius 2 is 1.83 bits per heavy atom. The number of nitrogens with one attached hydrogen (secondary N) is 1. The zero-order valence-electron chi connectivity index (χ0n) is 21.0. The number of nitrogens with zero attached hydrogens (tertiary/aromatic N) is 4. The van der Waals surface area contributed by atoms with Gasteiger partial charge in [-0.15, -0.1) is 0 Å². The van der Waals surface area contributed by atoms with Crippen molar-refractivity contribution < 1.29 is 4.79 Å². The lowest BCUT2D eigenvalue weighted by molar-refractivity contribution is 0.0543. The number of anilines is 1. The number of carbonyl (C=O) groups is 1. The van der Waals surface area contributed by atoms with Crippen molar-refractivity contribution in [3.8, 4) is 0 Å². The van der Waals surface area contributed by atoms with Crippen LogP contribution in [0.1, 0.15) is 62.0 Å². The van der Waals surface area contributed by atoms with Crippen molar-refractivity contribution in [2.45, 2.75) is 58.2 Å². The van der Waals surface area contributed by atoms with E-state index in [1.54, 1.807) is 12.3 Å². The highest BCUT2D eigenvalue weighted by Crippen LogP contribution is 2.32. The summed E-state index contributed by atoms with van der Waals surface area (Å²) in [4.78, 5) is 24.2. The minimum atomic E-state index is -0.139. The number of aromatic nitrogens is 1. The molecule has 2 aliphatic heterocycles. The number of hydrogen-bond donors (Lipinski definition) is 1. The summed E-state index contributed by atoms with van der Waals surface area (Å²) >= 11 is 12.7. The highest BCUT2D eigenvalue weighted by atomic mass is 35.5. The normalized spacial score (nSPS) is 21.2. The van der Waals surface area contributed by atoms with Gasteiger partial charge in [-0.25, -0.2) is 4.98 Å². The third-order valence-electron chi connectivity index (χ3n) is 7.45. The quantitative estimate of drug-likeness (QED) is 0.542. The van der Waals surface area contributed by atoms with E-state index in [9.17, 15) is 4.79 Å². The molecule has 1 N–H and O–H groups in total. The molecule has 1 amide bonds. The van der Waals surface area contributed by atoms with Gasteiger partial charge in [-0.05, 0) is 56.9 Å². The lowest BCUT2D eigenvalue weighted by Crippen LogP contribution is -2.57. The number of benzene rings is 1. The second-order valence-corrected chi connectivity index (χ2v) is 10.5. The first kappa shape index (κ1) is 26.2. The highest BCUT2D eigenvalue weighted by Gasteiger charge is 2.34. The van der Waals surface area contributed by atoms with Crippen LogP contribution in [0.5, 0.6) is 0 Å². The van der Waals surface area contributed by atoms with E-state index in [4.69, 9.17) is 23.2 Å². The topological polar surface area (TPSA) is 51.7 Å². The molecule has 0 aliphatic carbocycles. The van der Waals surface area contributed by atoms with Crippen molar-refractivity contribution in [3.05, 3.63) is 57.7 Å². The molecule has 1 aromatic carbocycles. The molecule has 1 aromatic heterocycles. The summed E-state index contributed by atoms with van der Waals surface area (Å²) in [6, 6.07) is 11.6. The molecule has 2 atom stereocenters. The molecular formula is C27H37Cl2N5O. The number of pyridine rings is 1. The van der Waals surface area contributed by atoms with Crippen LogP contribution in [0.3, 0.4) is 0 Å². The summed E-state index contributed by atoms with van der Waals surface area (Å²) < 4.78 is 0. The Labute approximate surface area is 219 Å². The Morgan fingerprint density at radius 1 is 1.11 bits per heavy atom. The molecule has 8 heteroatoms. The molecule has 190 valence electrons. The average Bonchev–Trinajstić information content (AvgIpc) is 2.86. The third-order valence-corrected chi connectivity index (χ3v) is 7.98. The van der Waals surface area contributed by atoms with Crippen LogP contribution in [0.15, 0.2) is 36.5 Å². The number of halogens is 2. The Morgan fingerprint density at radius 3 is 2.43 bits per heavy atom. The minimum absolute atomic E-state index is 0.139. The fraction of sp³-hybridized carbons (Fsp3) is 0.556. The molecule has 0 spiro atoms. The molecule has 0 saturated carbocycles. The first-order chi connectivity index (χ1) is 16.9. The van der Waals surface area contributed by atoms with Crippen molar-refractivity contribution in [1.29, 1.82) is 0 Å². The average molecular weight is 519 g/mol. The summed E-state index contributed by atoms with van der Waals surface area (Å²) in [5.41, 5.74) is 1.86. The maximum absolute atomic E-state index is 12.1. The lowest BCUT2D eigenvalue weighted by Gasteiger charge is -2.47. The maximum atomic E-state index is 12.1. The Bertz CT molecular complexity index is 994. The van der Waals surface area contributed by atoms with Crippen LogP contribution in [-0.2, 0) is 0 Å². The lowest BCUT2D eigenvalue weighted by atomic mass is 9.95. The molecule has 2 saturated heterocycles. The van der Waals surface area contributed by atoms with Gasteiger partial charge in [-0.1, -0.05) is 42.3 Å². The van der Waals surface area contributed by atoms with Crippen LogP contribution in [0.4, 0.5) is 5.82 Å². The van der Waals surface area contributed by atoms with Gasteiger partial charge in [0.05, 0.1) is 10.6 Å². The predicted molar refractivity (Wildman–Crippen MR) is 145 cm³/mol. The van der Waals surface area contributed by atoms with Crippen molar-refractivity contribution in [1.82, 2.24) is 20.1 Å². The van der Waals surface area contributed by atoms with E-state index >= 15 is 0 Å². The molecule has 2 fully saturated rings. The molecular weight excluding hydrogens is 481 g/mol. The van der Waals surface area contributed by atoms with E-state index in [0.29, 0.717) is 35.3 Å². The smallest absolute Gasteiger partial charge is 0.252 e. The predicted octanol–water partition coefficient (Wildman–Crippen LogP) is 5.26. The van der Waals surface area contributed by atoms with E-state index in [0.717, 1.165) is 50.0 Å². The van der Waals surface area contributed by atoms with Gasteiger partial charge in [-0.3, -0.25) is 14.6 Å². The van der Waals surface area contributed by atoms with Gasteiger partial charge in [0.1, 0.15) is 5.82 Å². The number of likely N-dealkylation sites (tertiary alicyclic amines) is 1. The number of piperidine rings is 1. The van der Waals surface area contributed by atoms with Gasteiger partial charge in [-0.2, -0.15) is 0 Å². The summed E-state index contributed by atoms with van der Waals surface area (Å²) in [6.07, 6.45) is 5.11. The van der Waals surface area contributed by atoms with Gasteiger partial charge >= 0.3 is 0 Å². The SMILES string of the molecule is CCNC(=O)c1cnc(N2CCN(C3CCN([C@H](CC)c4ccc(Cl)cc4)CC3)[C@@H](C)C2)c(Cl)c1. The second kappa shape index (κ2) is 11.9. The summed E-state index contributed by atoms with van der Waals surface area (Å²) in [5.74, 6) is 0.633. The molecule has 4 rings (SSSR count). The number of carbonyl (C=O) groups excluding carboxylic acids is 1. The Hall–Kier alpha value is -1.86. The number of hydrogen-bond acceptors (Lipinski definition) is 5. The Kier molecular flexibility index (Phi) is 8.92. The zero-order chi connectivity index (χ0) is 24.9. The zero-order valence-corrected chi connectivity index (χ0v) is 22.5. The molecule has 2 aliphatic rings. The van der Waals surface area contributed by atoms with Crippen LogP contribution >= 0.6 is 23.2 Å². The van der Waals surface area contributed by atoms with E-state index < -0.39 is 0 Å². The summed E-state index contributed by atoms with van der Waals surface area (Å²) in [6.45, 7) is 12.1. The molecule has 6 nitrogen and oxygen atoms in total. The number of amides is 1. The fourth-order valence-corrected chi connectivity index (χ4v) is 6.09. The molecule has 3 heterocycles. The standard InChI is InChI=1S/C27H37Cl2N5O/c1-4-25(20-6-8-22(28)9-7-20)32-12-10-23(11-13-32)34-15-14-33(18-19(34)3)26-24(29)16-21(17-31-26)27(35)30-5-2/h6-9,16-17,19,23,25H,4-5,10-15,18H2,1-3H3,(H,30,35)/t19-,25+/m0/s1. The second-order valence-electron chi connectivity index (χ2n) is 9.66. The van der Waals surface area contributed by atoms with Crippen LogP contribution in [-0.4, -0.2) is 72.0 Å². The van der Waals surface area contributed by atoms with Gasteiger partial charge in [0.15, 0.2) is 0 Å². The van der Waals surface area contributed by atoms with Crippen LogP contribution in [0.25, 0.3) is 0 Å². The van der Waals surface area contributed by atoms with Crippen molar-refractivity contribution >= 4 is 34.9 Å². The van der Waals surface area contributed by atoms with Crippen LogP contribution in [0, 0.1) is 0 Å². The van der Waals surface area contributed by atoms with Crippen LogP contribution < -0.4 is 10.2 Å². The van der Waals surface area contributed by atoms with E-state index in [1.165, 1.54) is 18.4 Å². The molecule has 35 heavy (non-hydrogen) atoms. The highest BCUT2D eigenvalue weighted by molar-refractivity contribution is 6.33. The molecule has 0 bridgehead atoms. The Balaban J connectivity index is 1.33. The largest absolute Gasteiger partial charge is 0.353 e. The van der Waals surface area contributed by atoms with E-state index in [2.05, 4.69) is 51.0 Å². The van der Waals surface area contributed by atoms with E-state index in [1.807, 2.05) is 19.1 Å². The summed E-state index contributed by atoms with van der Waals surface area (Å²) in [5, 5.41) is 4.13.